The largest absolute Gasteiger partial charge is 0.368 e. The number of anilines is 2. The lowest BCUT2D eigenvalue weighted by Gasteiger charge is -2.37. The summed E-state index contributed by atoms with van der Waals surface area (Å²) in [6.45, 7) is 4.35. The quantitative estimate of drug-likeness (QED) is 0.787. The van der Waals surface area contributed by atoms with Crippen LogP contribution in [-0.2, 0) is 5.33 Å². The number of alkyl halides is 1. The van der Waals surface area contributed by atoms with E-state index in [9.17, 15) is 0 Å². The molecular formula is C17H19BrN2. The van der Waals surface area contributed by atoms with Crippen molar-refractivity contribution in [3.63, 3.8) is 0 Å². The third-order valence-electron chi connectivity index (χ3n) is 3.86. The van der Waals surface area contributed by atoms with E-state index in [1.54, 1.807) is 0 Å². The molecule has 1 fully saturated rings. The molecule has 0 amide bonds. The van der Waals surface area contributed by atoms with Gasteiger partial charge in [0.15, 0.2) is 0 Å². The molecule has 2 nitrogen and oxygen atoms in total. The normalized spacial score (nSPS) is 15.4. The first-order valence-corrected chi connectivity index (χ1v) is 8.19. The average Bonchev–Trinajstić information content (AvgIpc) is 2.56. The van der Waals surface area contributed by atoms with Crippen molar-refractivity contribution in [2.24, 2.45) is 0 Å². The van der Waals surface area contributed by atoms with E-state index in [1.165, 1.54) is 16.9 Å². The zero-order chi connectivity index (χ0) is 13.8. The number of hydrogen-bond acceptors (Lipinski definition) is 2. The second-order valence-corrected chi connectivity index (χ2v) is 5.67. The van der Waals surface area contributed by atoms with Gasteiger partial charge in [-0.25, -0.2) is 0 Å². The highest BCUT2D eigenvalue weighted by Crippen LogP contribution is 2.21. The van der Waals surface area contributed by atoms with Crippen molar-refractivity contribution in [1.82, 2.24) is 0 Å². The van der Waals surface area contributed by atoms with Crippen molar-refractivity contribution in [2.45, 2.75) is 5.33 Å². The lowest BCUT2D eigenvalue weighted by molar-refractivity contribution is 0.653. The van der Waals surface area contributed by atoms with E-state index in [2.05, 4.69) is 80.3 Å². The van der Waals surface area contributed by atoms with Crippen LogP contribution in [0.25, 0.3) is 0 Å². The predicted octanol–water partition coefficient (Wildman–Crippen LogP) is 3.91. The van der Waals surface area contributed by atoms with Crippen LogP contribution in [0.15, 0.2) is 54.6 Å². The molecule has 1 aliphatic rings. The molecule has 0 spiro atoms. The van der Waals surface area contributed by atoms with Gasteiger partial charge in [0.25, 0.3) is 0 Å². The molecule has 0 N–H and O–H groups in total. The minimum absolute atomic E-state index is 0.926. The topological polar surface area (TPSA) is 6.48 Å². The van der Waals surface area contributed by atoms with Crippen molar-refractivity contribution in [1.29, 1.82) is 0 Å². The summed E-state index contributed by atoms with van der Waals surface area (Å²) in [6.07, 6.45) is 0. The van der Waals surface area contributed by atoms with Gasteiger partial charge in [-0.2, -0.15) is 0 Å². The number of halogens is 1. The maximum absolute atomic E-state index is 3.49. The Hall–Kier alpha value is -1.48. The van der Waals surface area contributed by atoms with E-state index in [-0.39, 0.29) is 0 Å². The SMILES string of the molecule is BrCc1ccc(N2CCN(c3ccccc3)CC2)cc1. The molecule has 0 unspecified atom stereocenters. The van der Waals surface area contributed by atoms with Gasteiger partial charge in [-0.3, -0.25) is 0 Å². The van der Waals surface area contributed by atoms with Gasteiger partial charge in [0.2, 0.25) is 0 Å². The number of rotatable bonds is 3. The van der Waals surface area contributed by atoms with E-state index in [4.69, 9.17) is 0 Å². The molecule has 2 aromatic rings. The lowest BCUT2D eigenvalue weighted by Crippen LogP contribution is -2.46. The van der Waals surface area contributed by atoms with Crippen LogP contribution in [0, 0.1) is 0 Å². The van der Waals surface area contributed by atoms with Crippen LogP contribution < -0.4 is 9.80 Å². The second-order valence-electron chi connectivity index (χ2n) is 5.11. The molecule has 0 aromatic heterocycles. The van der Waals surface area contributed by atoms with Gasteiger partial charge in [0, 0.05) is 42.9 Å². The van der Waals surface area contributed by atoms with Crippen LogP contribution in [0.2, 0.25) is 0 Å². The maximum Gasteiger partial charge on any atom is 0.0367 e. The zero-order valence-corrected chi connectivity index (χ0v) is 13.1. The standard InChI is InChI=1S/C17H19BrN2/c18-14-15-6-8-17(9-7-15)20-12-10-19(11-13-20)16-4-2-1-3-5-16/h1-9H,10-14H2. The van der Waals surface area contributed by atoms with Crippen molar-refractivity contribution in [2.75, 3.05) is 36.0 Å². The Bertz CT molecular complexity index is 531. The zero-order valence-electron chi connectivity index (χ0n) is 11.5. The number of nitrogens with zero attached hydrogens (tertiary/aromatic N) is 2. The Balaban J connectivity index is 1.63. The third kappa shape index (κ3) is 2.98. The Kier molecular flexibility index (Phi) is 4.26. The van der Waals surface area contributed by atoms with Crippen LogP contribution in [-0.4, -0.2) is 26.2 Å². The maximum atomic E-state index is 3.49. The second kappa shape index (κ2) is 6.31. The molecule has 0 radical (unpaired) electrons. The number of hydrogen-bond donors (Lipinski definition) is 0. The van der Waals surface area contributed by atoms with Gasteiger partial charge < -0.3 is 9.80 Å². The molecule has 20 heavy (non-hydrogen) atoms. The summed E-state index contributed by atoms with van der Waals surface area (Å²) in [7, 11) is 0. The Labute approximate surface area is 129 Å². The first kappa shape index (κ1) is 13.5. The molecule has 0 bridgehead atoms. The smallest absolute Gasteiger partial charge is 0.0367 e. The highest BCUT2D eigenvalue weighted by atomic mass is 79.9. The van der Waals surface area contributed by atoms with E-state index in [0.29, 0.717) is 0 Å². The summed E-state index contributed by atoms with van der Waals surface area (Å²) >= 11 is 3.49. The molecule has 3 rings (SSSR count). The van der Waals surface area contributed by atoms with Crippen LogP contribution in [0.3, 0.4) is 0 Å². The number of benzene rings is 2. The van der Waals surface area contributed by atoms with Crippen molar-refractivity contribution in [3.05, 3.63) is 60.2 Å². The fourth-order valence-electron chi connectivity index (χ4n) is 2.66. The highest BCUT2D eigenvalue weighted by Gasteiger charge is 2.17. The number of para-hydroxylation sites is 1. The van der Waals surface area contributed by atoms with E-state index in [0.717, 1.165) is 31.5 Å². The van der Waals surface area contributed by atoms with Gasteiger partial charge >= 0.3 is 0 Å². The molecular weight excluding hydrogens is 312 g/mol. The first-order valence-electron chi connectivity index (χ1n) is 7.06. The van der Waals surface area contributed by atoms with E-state index < -0.39 is 0 Å². The minimum atomic E-state index is 0.926. The first-order chi connectivity index (χ1) is 9.86. The average molecular weight is 331 g/mol. The molecule has 0 aliphatic carbocycles. The molecule has 2 aromatic carbocycles. The van der Waals surface area contributed by atoms with Crippen LogP contribution in [0.5, 0.6) is 0 Å². The van der Waals surface area contributed by atoms with Crippen LogP contribution >= 0.6 is 15.9 Å². The molecule has 1 aliphatic heterocycles. The fourth-order valence-corrected chi connectivity index (χ4v) is 3.03. The summed E-state index contributed by atoms with van der Waals surface area (Å²) < 4.78 is 0. The van der Waals surface area contributed by atoms with Gasteiger partial charge in [0.1, 0.15) is 0 Å². The van der Waals surface area contributed by atoms with E-state index in [1.807, 2.05) is 0 Å². The monoisotopic (exact) mass is 330 g/mol. The van der Waals surface area contributed by atoms with Crippen LogP contribution in [0.1, 0.15) is 5.56 Å². The Morgan fingerprint density at radius 3 is 1.70 bits per heavy atom. The van der Waals surface area contributed by atoms with Gasteiger partial charge in [-0.15, -0.1) is 0 Å². The fraction of sp³-hybridized carbons (Fsp3) is 0.294. The highest BCUT2D eigenvalue weighted by molar-refractivity contribution is 9.08. The molecule has 0 saturated carbocycles. The summed E-state index contributed by atoms with van der Waals surface area (Å²) in [6, 6.07) is 19.6. The lowest BCUT2D eigenvalue weighted by atomic mass is 10.2. The predicted molar refractivity (Wildman–Crippen MR) is 89.9 cm³/mol. The third-order valence-corrected chi connectivity index (χ3v) is 4.50. The Morgan fingerprint density at radius 1 is 0.700 bits per heavy atom. The van der Waals surface area contributed by atoms with Crippen molar-refractivity contribution < 1.29 is 0 Å². The molecule has 1 heterocycles. The van der Waals surface area contributed by atoms with Crippen molar-refractivity contribution in [3.8, 4) is 0 Å². The Morgan fingerprint density at radius 2 is 1.20 bits per heavy atom. The van der Waals surface area contributed by atoms with Gasteiger partial charge in [-0.1, -0.05) is 46.3 Å². The molecule has 104 valence electrons. The van der Waals surface area contributed by atoms with E-state index >= 15 is 0 Å². The summed E-state index contributed by atoms with van der Waals surface area (Å²) in [4.78, 5) is 4.93. The summed E-state index contributed by atoms with van der Waals surface area (Å²) in [5, 5.41) is 0.926. The summed E-state index contributed by atoms with van der Waals surface area (Å²) in [5.74, 6) is 0. The minimum Gasteiger partial charge on any atom is -0.368 e. The van der Waals surface area contributed by atoms with Crippen molar-refractivity contribution >= 4 is 27.3 Å². The molecule has 1 saturated heterocycles. The van der Waals surface area contributed by atoms with Gasteiger partial charge in [0.05, 0.1) is 0 Å². The number of piperazine rings is 1. The molecule has 3 heteroatoms. The van der Waals surface area contributed by atoms with Crippen LogP contribution in [0.4, 0.5) is 11.4 Å². The molecule has 0 atom stereocenters. The summed E-state index contributed by atoms with van der Waals surface area (Å²) in [5.41, 5.74) is 4.00. The van der Waals surface area contributed by atoms with Gasteiger partial charge in [-0.05, 0) is 29.8 Å².